The summed E-state index contributed by atoms with van der Waals surface area (Å²) in [5.41, 5.74) is 5.91. The van der Waals surface area contributed by atoms with Gasteiger partial charge < -0.3 is 9.30 Å². The van der Waals surface area contributed by atoms with E-state index in [0.29, 0.717) is 17.9 Å². The van der Waals surface area contributed by atoms with Crippen LogP contribution >= 0.6 is 0 Å². The minimum absolute atomic E-state index is 0.254. The predicted molar refractivity (Wildman–Crippen MR) is 115 cm³/mol. The van der Waals surface area contributed by atoms with Crippen LogP contribution in [0.15, 0.2) is 84.1 Å². The molecule has 4 aromatic rings. The predicted octanol–water partition coefficient (Wildman–Crippen LogP) is 4.60. The molecule has 1 aromatic heterocycles. The monoisotopic (exact) mass is 401 g/mol. The number of para-hydroxylation sites is 1. The van der Waals surface area contributed by atoms with Crippen molar-refractivity contribution in [1.82, 2.24) is 9.99 Å². The van der Waals surface area contributed by atoms with Crippen LogP contribution in [0.25, 0.3) is 10.9 Å². The Morgan fingerprint density at radius 2 is 1.90 bits per heavy atom. The van der Waals surface area contributed by atoms with Crippen LogP contribution in [0.3, 0.4) is 0 Å². The third-order valence-electron chi connectivity index (χ3n) is 4.79. The Hall–Kier alpha value is -3.93. The van der Waals surface area contributed by atoms with Crippen LogP contribution in [-0.4, -0.2) is 23.8 Å². The van der Waals surface area contributed by atoms with E-state index in [1.165, 1.54) is 12.1 Å². The van der Waals surface area contributed by atoms with Crippen molar-refractivity contribution in [1.29, 1.82) is 0 Å². The number of hydrogen-bond donors (Lipinski definition) is 1. The molecule has 0 bridgehead atoms. The van der Waals surface area contributed by atoms with Crippen molar-refractivity contribution in [3.05, 3.63) is 102 Å². The topological polar surface area (TPSA) is 55.6 Å². The van der Waals surface area contributed by atoms with Gasteiger partial charge in [0.25, 0.3) is 5.91 Å². The average molecular weight is 401 g/mol. The van der Waals surface area contributed by atoms with Gasteiger partial charge in [-0.15, -0.1) is 0 Å². The van der Waals surface area contributed by atoms with Gasteiger partial charge in [-0.2, -0.15) is 5.10 Å². The minimum Gasteiger partial charge on any atom is -0.497 e. The maximum Gasteiger partial charge on any atom is 0.271 e. The first-order valence-corrected chi connectivity index (χ1v) is 9.44. The molecule has 0 saturated heterocycles. The third-order valence-corrected chi connectivity index (χ3v) is 4.79. The van der Waals surface area contributed by atoms with Crippen LogP contribution in [0.1, 0.15) is 21.5 Å². The van der Waals surface area contributed by atoms with E-state index in [2.05, 4.69) is 15.1 Å². The number of hydrazone groups is 1. The van der Waals surface area contributed by atoms with Gasteiger partial charge in [0.1, 0.15) is 11.6 Å². The quantitative estimate of drug-likeness (QED) is 0.379. The summed E-state index contributed by atoms with van der Waals surface area (Å²) in [6.07, 6.45) is 3.59. The number of fused-ring (bicyclic) bond motifs is 1. The first kappa shape index (κ1) is 19.4. The highest BCUT2D eigenvalue weighted by atomic mass is 19.1. The fourth-order valence-corrected chi connectivity index (χ4v) is 3.28. The van der Waals surface area contributed by atoms with Crippen LogP contribution in [0.2, 0.25) is 0 Å². The van der Waals surface area contributed by atoms with Crippen molar-refractivity contribution < 1.29 is 13.9 Å². The van der Waals surface area contributed by atoms with Crippen LogP contribution in [-0.2, 0) is 6.54 Å². The normalized spacial score (nSPS) is 11.1. The lowest BCUT2D eigenvalue weighted by Gasteiger charge is -2.05. The number of carbonyl (C=O) groups excluding carboxylic acids is 1. The molecule has 0 spiro atoms. The molecular formula is C24H20FN3O2. The number of nitrogens with zero attached hydrogens (tertiary/aromatic N) is 2. The smallest absolute Gasteiger partial charge is 0.271 e. The molecule has 150 valence electrons. The lowest BCUT2D eigenvalue weighted by molar-refractivity contribution is 0.0955. The number of ether oxygens (including phenoxy) is 1. The number of amides is 1. The van der Waals surface area contributed by atoms with Crippen molar-refractivity contribution in [3.8, 4) is 5.75 Å². The van der Waals surface area contributed by atoms with Crippen LogP contribution in [0, 0.1) is 5.82 Å². The molecule has 0 unspecified atom stereocenters. The van der Waals surface area contributed by atoms with Gasteiger partial charge in [-0.1, -0.05) is 36.4 Å². The number of methoxy groups -OCH3 is 1. The van der Waals surface area contributed by atoms with Gasteiger partial charge >= 0.3 is 0 Å². The molecule has 0 saturated carbocycles. The summed E-state index contributed by atoms with van der Waals surface area (Å²) >= 11 is 0. The van der Waals surface area contributed by atoms with Crippen LogP contribution in [0.4, 0.5) is 4.39 Å². The molecule has 1 N–H and O–H groups in total. The summed E-state index contributed by atoms with van der Waals surface area (Å²) in [7, 11) is 1.55. The molecule has 0 fully saturated rings. The van der Waals surface area contributed by atoms with Gasteiger partial charge in [0, 0.05) is 34.8 Å². The summed E-state index contributed by atoms with van der Waals surface area (Å²) in [4.78, 5) is 12.3. The highest BCUT2D eigenvalue weighted by molar-refractivity contribution is 6.00. The van der Waals surface area contributed by atoms with E-state index in [-0.39, 0.29) is 11.7 Å². The molecule has 5 nitrogen and oxygen atoms in total. The molecule has 0 aliphatic rings. The van der Waals surface area contributed by atoms with Crippen molar-refractivity contribution in [2.45, 2.75) is 6.54 Å². The molecule has 30 heavy (non-hydrogen) atoms. The average Bonchev–Trinajstić information content (AvgIpc) is 3.13. The Balaban J connectivity index is 1.55. The second-order valence-electron chi connectivity index (χ2n) is 6.79. The summed E-state index contributed by atoms with van der Waals surface area (Å²) in [5, 5.41) is 5.14. The Morgan fingerprint density at radius 3 is 2.70 bits per heavy atom. The zero-order valence-electron chi connectivity index (χ0n) is 16.4. The Labute approximate surface area is 173 Å². The maximum absolute atomic E-state index is 13.2. The van der Waals surface area contributed by atoms with E-state index in [4.69, 9.17) is 4.74 Å². The van der Waals surface area contributed by atoms with E-state index in [1.54, 1.807) is 49.7 Å². The Morgan fingerprint density at radius 1 is 1.10 bits per heavy atom. The molecule has 0 aliphatic carbocycles. The minimum atomic E-state index is -0.319. The zero-order chi connectivity index (χ0) is 20.9. The lowest BCUT2D eigenvalue weighted by atomic mass is 10.2. The molecule has 0 atom stereocenters. The summed E-state index contributed by atoms with van der Waals surface area (Å²) in [5.74, 6) is 0.0337. The van der Waals surface area contributed by atoms with Crippen molar-refractivity contribution in [2.75, 3.05) is 7.11 Å². The molecule has 0 aliphatic heterocycles. The maximum atomic E-state index is 13.2. The fraction of sp³-hybridized carbons (Fsp3) is 0.0833. The highest BCUT2D eigenvalue weighted by Crippen LogP contribution is 2.21. The summed E-state index contributed by atoms with van der Waals surface area (Å²) in [6.45, 7) is 0.602. The second-order valence-corrected chi connectivity index (χ2v) is 6.79. The van der Waals surface area contributed by atoms with Crippen LogP contribution < -0.4 is 10.2 Å². The standard InChI is InChI=1S/C24H20FN3O2/c1-30-21-6-4-5-18(13-21)24(29)27-26-14-19-16-28(23-8-3-2-7-22(19)23)15-17-9-11-20(25)12-10-17/h2-14,16H,15H2,1H3,(H,27,29)/b26-14-. The molecule has 4 rings (SSSR count). The molecule has 3 aromatic carbocycles. The Kier molecular flexibility index (Phi) is 5.57. The van der Waals surface area contributed by atoms with Gasteiger partial charge in [0.2, 0.25) is 0 Å². The molecular weight excluding hydrogens is 381 g/mol. The van der Waals surface area contributed by atoms with E-state index < -0.39 is 0 Å². The van der Waals surface area contributed by atoms with E-state index in [1.807, 2.05) is 30.5 Å². The van der Waals surface area contributed by atoms with Gasteiger partial charge in [-0.25, -0.2) is 9.82 Å². The van der Waals surface area contributed by atoms with Crippen LogP contribution in [0.5, 0.6) is 5.75 Å². The first-order chi connectivity index (χ1) is 14.6. The fourth-order valence-electron chi connectivity index (χ4n) is 3.28. The zero-order valence-corrected chi connectivity index (χ0v) is 16.4. The molecule has 6 heteroatoms. The molecule has 1 amide bonds. The van der Waals surface area contributed by atoms with Crippen molar-refractivity contribution in [3.63, 3.8) is 0 Å². The second kappa shape index (κ2) is 8.61. The van der Waals surface area contributed by atoms with Gasteiger partial charge in [0.05, 0.1) is 13.3 Å². The number of rotatable bonds is 6. The number of hydrogen-bond acceptors (Lipinski definition) is 3. The van der Waals surface area contributed by atoms with Gasteiger partial charge in [-0.05, 0) is 42.0 Å². The number of nitrogens with one attached hydrogen (secondary N) is 1. The highest BCUT2D eigenvalue weighted by Gasteiger charge is 2.08. The summed E-state index contributed by atoms with van der Waals surface area (Å²) < 4.78 is 20.4. The van der Waals surface area contributed by atoms with Crippen molar-refractivity contribution in [2.24, 2.45) is 5.10 Å². The Bertz CT molecular complexity index is 1210. The lowest BCUT2D eigenvalue weighted by Crippen LogP contribution is -2.17. The SMILES string of the molecule is COc1cccc(C(=O)N/N=C\c2cn(Cc3ccc(F)cc3)c3ccccc23)c1. The molecule has 0 radical (unpaired) electrons. The first-order valence-electron chi connectivity index (χ1n) is 9.44. The largest absolute Gasteiger partial charge is 0.497 e. The number of carbonyl (C=O) groups is 1. The number of aromatic nitrogens is 1. The number of benzene rings is 3. The van der Waals surface area contributed by atoms with E-state index in [0.717, 1.165) is 22.0 Å². The number of halogens is 1. The third kappa shape index (κ3) is 4.22. The molecule has 1 heterocycles. The van der Waals surface area contributed by atoms with E-state index in [9.17, 15) is 9.18 Å². The van der Waals surface area contributed by atoms with Gasteiger partial charge in [-0.3, -0.25) is 4.79 Å². The van der Waals surface area contributed by atoms with E-state index >= 15 is 0 Å². The van der Waals surface area contributed by atoms with Gasteiger partial charge in [0.15, 0.2) is 0 Å². The summed E-state index contributed by atoms with van der Waals surface area (Å²) in [6, 6.07) is 21.3. The van der Waals surface area contributed by atoms with Crippen molar-refractivity contribution >= 4 is 23.0 Å².